The van der Waals surface area contributed by atoms with Crippen molar-refractivity contribution in [2.45, 2.75) is 12.8 Å². The van der Waals surface area contributed by atoms with E-state index < -0.39 is 0 Å². The zero-order valence-electron chi connectivity index (χ0n) is 13.3. The molecule has 0 amide bonds. The Morgan fingerprint density at radius 3 is 2.46 bits per heavy atom. The Kier molecular flexibility index (Phi) is 4.09. The van der Waals surface area contributed by atoms with Gasteiger partial charge in [-0.3, -0.25) is 4.79 Å². The molecule has 2 aliphatic heterocycles. The third-order valence-electron chi connectivity index (χ3n) is 4.43. The summed E-state index contributed by atoms with van der Waals surface area (Å²) in [6.45, 7) is 2.08. The number of fused-ring (bicyclic) bond motifs is 1. The SMILES string of the molecule is O=C(c1ccc(Oc2ccc3c(c2)OCO3)cc1)C1CCNCC1. The Morgan fingerprint density at radius 1 is 0.958 bits per heavy atom. The van der Waals surface area contributed by atoms with Crippen molar-refractivity contribution < 1.29 is 19.0 Å². The average molecular weight is 325 g/mol. The highest BCUT2D eigenvalue weighted by Crippen LogP contribution is 2.36. The van der Waals surface area contributed by atoms with Crippen LogP contribution in [-0.4, -0.2) is 25.7 Å². The van der Waals surface area contributed by atoms with E-state index in [0.717, 1.165) is 37.2 Å². The van der Waals surface area contributed by atoms with Crippen molar-refractivity contribution in [2.24, 2.45) is 5.92 Å². The molecule has 0 atom stereocenters. The minimum atomic E-state index is 0.131. The van der Waals surface area contributed by atoms with E-state index in [1.54, 1.807) is 6.07 Å². The minimum Gasteiger partial charge on any atom is -0.457 e. The van der Waals surface area contributed by atoms with E-state index in [0.29, 0.717) is 17.2 Å². The molecule has 0 saturated carbocycles. The first-order chi connectivity index (χ1) is 11.8. The number of Topliss-reactive ketones (excluding diaryl/α,β-unsaturated/α-hetero) is 1. The van der Waals surface area contributed by atoms with Crippen LogP contribution in [0.5, 0.6) is 23.0 Å². The maximum absolute atomic E-state index is 12.5. The van der Waals surface area contributed by atoms with E-state index in [2.05, 4.69) is 5.32 Å². The first kappa shape index (κ1) is 15.0. The predicted molar refractivity (Wildman–Crippen MR) is 89.0 cm³/mol. The zero-order valence-corrected chi connectivity index (χ0v) is 13.3. The van der Waals surface area contributed by atoms with Gasteiger partial charge in [-0.1, -0.05) is 0 Å². The lowest BCUT2D eigenvalue weighted by molar-refractivity contribution is 0.0895. The van der Waals surface area contributed by atoms with Crippen molar-refractivity contribution in [3.8, 4) is 23.0 Å². The number of nitrogens with one attached hydrogen (secondary N) is 1. The Bertz CT molecular complexity index is 736. The molecule has 0 aliphatic carbocycles. The second-order valence-electron chi connectivity index (χ2n) is 6.03. The van der Waals surface area contributed by atoms with Crippen LogP contribution < -0.4 is 19.5 Å². The number of ether oxygens (including phenoxy) is 3. The van der Waals surface area contributed by atoms with Gasteiger partial charge >= 0.3 is 0 Å². The molecule has 1 fully saturated rings. The molecular formula is C19H19NO4. The lowest BCUT2D eigenvalue weighted by atomic mass is 9.90. The van der Waals surface area contributed by atoms with Gasteiger partial charge in [-0.2, -0.15) is 0 Å². The average Bonchev–Trinajstić information content (AvgIpc) is 3.10. The molecule has 124 valence electrons. The van der Waals surface area contributed by atoms with Gasteiger partial charge in [-0.05, 0) is 62.3 Å². The minimum absolute atomic E-state index is 0.131. The largest absolute Gasteiger partial charge is 0.457 e. The summed E-state index contributed by atoms with van der Waals surface area (Å²) in [5.41, 5.74) is 0.750. The number of carbonyl (C=O) groups is 1. The Hall–Kier alpha value is -2.53. The maximum atomic E-state index is 12.5. The molecule has 5 nitrogen and oxygen atoms in total. The molecule has 0 radical (unpaired) electrons. The quantitative estimate of drug-likeness (QED) is 0.873. The van der Waals surface area contributed by atoms with Crippen LogP contribution in [0.25, 0.3) is 0 Å². The van der Waals surface area contributed by atoms with Crippen molar-refractivity contribution >= 4 is 5.78 Å². The monoisotopic (exact) mass is 325 g/mol. The summed E-state index contributed by atoms with van der Waals surface area (Å²) in [5.74, 6) is 3.14. The molecule has 24 heavy (non-hydrogen) atoms. The summed E-state index contributed by atoms with van der Waals surface area (Å²) in [5, 5.41) is 3.28. The van der Waals surface area contributed by atoms with Gasteiger partial charge in [-0.15, -0.1) is 0 Å². The van der Waals surface area contributed by atoms with E-state index in [9.17, 15) is 4.79 Å². The maximum Gasteiger partial charge on any atom is 0.231 e. The summed E-state index contributed by atoms with van der Waals surface area (Å²) in [6, 6.07) is 12.8. The van der Waals surface area contributed by atoms with Gasteiger partial charge in [0.05, 0.1) is 0 Å². The summed E-state index contributed by atoms with van der Waals surface area (Å²) < 4.78 is 16.5. The molecule has 2 aromatic rings. The molecule has 4 rings (SSSR count). The molecule has 5 heteroatoms. The van der Waals surface area contributed by atoms with Crippen molar-refractivity contribution in [2.75, 3.05) is 19.9 Å². The van der Waals surface area contributed by atoms with Crippen LogP contribution in [0.1, 0.15) is 23.2 Å². The first-order valence-corrected chi connectivity index (χ1v) is 8.22. The highest BCUT2D eigenvalue weighted by atomic mass is 16.7. The lowest BCUT2D eigenvalue weighted by Gasteiger charge is -2.21. The van der Waals surface area contributed by atoms with Crippen LogP contribution in [-0.2, 0) is 0 Å². The Morgan fingerprint density at radius 2 is 1.67 bits per heavy atom. The second-order valence-corrected chi connectivity index (χ2v) is 6.03. The molecule has 0 aromatic heterocycles. The van der Waals surface area contributed by atoms with E-state index in [-0.39, 0.29) is 18.5 Å². The van der Waals surface area contributed by atoms with Gasteiger partial charge in [0.2, 0.25) is 6.79 Å². The van der Waals surface area contributed by atoms with Crippen molar-refractivity contribution in [1.29, 1.82) is 0 Å². The fourth-order valence-corrected chi connectivity index (χ4v) is 3.08. The van der Waals surface area contributed by atoms with Crippen LogP contribution in [0.4, 0.5) is 0 Å². The van der Waals surface area contributed by atoms with Gasteiger partial charge in [0.25, 0.3) is 0 Å². The van der Waals surface area contributed by atoms with Gasteiger partial charge in [0.1, 0.15) is 11.5 Å². The lowest BCUT2D eigenvalue weighted by Crippen LogP contribution is -2.31. The van der Waals surface area contributed by atoms with Crippen LogP contribution in [0.15, 0.2) is 42.5 Å². The van der Waals surface area contributed by atoms with Gasteiger partial charge in [0, 0.05) is 17.5 Å². The molecule has 1 saturated heterocycles. The van der Waals surface area contributed by atoms with E-state index >= 15 is 0 Å². The predicted octanol–water partition coefficient (Wildman–Crippen LogP) is 3.39. The van der Waals surface area contributed by atoms with E-state index in [1.165, 1.54) is 0 Å². The second kappa shape index (κ2) is 6.53. The molecule has 0 bridgehead atoms. The van der Waals surface area contributed by atoms with Crippen molar-refractivity contribution in [3.05, 3.63) is 48.0 Å². The summed E-state index contributed by atoms with van der Waals surface area (Å²) in [4.78, 5) is 12.5. The smallest absolute Gasteiger partial charge is 0.231 e. The third-order valence-corrected chi connectivity index (χ3v) is 4.43. The number of ketones is 1. The van der Waals surface area contributed by atoms with Crippen LogP contribution in [0, 0.1) is 5.92 Å². The van der Waals surface area contributed by atoms with Crippen molar-refractivity contribution in [3.63, 3.8) is 0 Å². The van der Waals surface area contributed by atoms with Crippen molar-refractivity contribution in [1.82, 2.24) is 5.32 Å². The highest BCUT2D eigenvalue weighted by Gasteiger charge is 2.22. The number of rotatable bonds is 4. The van der Waals surface area contributed by atoms with E-state index in [1.807, 2.05) is 36.4 Å². The zero-order chi connectivity index (χ0) is 16.4. The van der Waals surface area contributed by atoms with Gasteiger partial charge in [0.15, 0.2) is 17.3 Å². The van der Waals surface area contributed by atoms with Crippen LogP contribution in [0.2, 0.25) is 0 Å². The number of piperidine rings is 1. The molecule has 2 aromatic carbocycles. The fraction of sp³-hybridized carbons (Fsp3) is 0.316. The molecular weight excluding hydrogens is 306 g/mol. The fourth-order valence-electron chi connectivity index (χ4n) is 3.08. The number of hydrogen-bond donors (Lipinski definition) is 1. The molecule has 2 aliphatic rings. The van der Waals surface area contributed by atoms with Crippen LogP contribution >= 0.6 is 0 Å². The van der Waals surface area contributed by atoms with Gasteiger partial charge < -0.3 is 19.5 Å². The topological polar surface area (TPSA) is 56.8 Å². The highest BCUT2D eigenvalue weighted by molar-refractivity contribution is 5.98. The van der Waals surface area contributed by atoms with Gasteiger partial charge in [-0.25, -0.2) is 0 Å². The molecule has 0 unspecified atom stereocenters. The molecule has 0 spiro atoms. The standard InChI is InChI=1S/C19H19NO4/c21-19(14-7-9-20-10-8-14)13-1-3-15(4-2-13)24-16-5-6-17-18(11-16)23-12-22-17/h1-6,11,14,20H,7-10,12H2. The van der Waals surface area contributed by atoms with Crippen LogP contribution in [0.3, 0.4) is 0 Å². The summed E-state index contributed by atoms with van der Waals surface area (Å²) in [7, 11) is 0. The first-order valence-electron chi connectivity index (χ1n) is 8.22. The Balaban J connectivity index is 1.44. The molecule has 1 N–H and O–H groups in total. The number of benzene rings is 2. The summed E-state index contributed by atoms with van der Waals surface area (Å²) in [6.07, 6.45) is 1.82. The number of hydrogen-bond acceptors (Lipinski definition) is 5. The van der Waals surface area contributed by atoms with E-state index in [4.69, 9.17) is 14.2 Å². The summed E-state index contributed by atoms with van der Waals surface area (Å²) >= 11 is 0. The Labute approximate surface area is 140 Å². The third kappa shape index (κ3) is 3.08. The number of carbonyl (C=O) groups excluding carboxylic acids is 1. The molecule has 2 heterocycles. The normalized spacial score (nSPS) is 16.8.